The van der Waals surface area contributed by atoms with Crippen molar-refractivity contribution in [1.82, 2.24) is 0 Å². The summed E-state index contributed by atoms with van der Waals surface area (Å²) in [7, 11) is 0. The van der Waals surface area contributed by atoms with Crippen molar-refractivity contribution in [2.45, 2.75) is 26.9 Å². The van der Waals surface area contributed by atoms with E-state index in [2.05, 4.69) is 0 Å². The second-order valence-corrected chi connectivity index (χ2v) is 5.10. The van der Waals surface area contributed by atoms with Crippen LogP contribution >= 0.6 is 11.3 Å². The Balaban J connectivity index is 2.19. The predicted molar refractivity (Wildman–Crippen MR) is 60.0 cm³/mol. The molecule has 4 heteroatoms. The Morgan fingerprint density at radius 1 is 1.60 bits per heavy atom. The van der Waals surface area contributed by atoms with Crippen molar-refractivity contribution in [3.63, 3.8) is 0 Å². The highest BCUT2D eigenvalue weighted by Gasteiger charge is 2.26. The minimum atomic E-state index is -0.776. The summed E-state index contributed by atoms with van der Waals surface area (Å²) >= 11 is 1.65. The average Bonchev–Trinajstić information content (AvgIpc) is 2.64. The Kier molecular flexibility index (Phi) is 4.29. The summed E-state index contributed by atoms with van der Waals surface area (Å²) in [6, 6.07) is 3.98. The van der Waals surface area contributed by atoms with E-state index in [1.54, 1.807) is 25.2 Å². The van der Waals surface area contributed by atoms with E-state index in [1.165, 1.54) is 4.88 Å². The molecule has 1 aromatic heterocycles. The van der Waals surface area contributed by atoms with E-state index in [1.807, 2.05) is 17.5 Å². The highest BCUT2D eigenvalue weighted by Crippen LogP contribution is 2.20. The maximum Gasteiger partial charge on any atom is 0.309 e. The fourth-order valence-electron chi connectivity index (χ4n) is 1.00. The zero-order chi connectivity index (χ0) is 11.3. The quantitative estimate of drug-likeness (QED) is 0.761. The summed E-state index contributed by atoms with van der Waals surface area (Å²) in [6.45, 7) is 4.48. The molecule has 0 aromatic carbocycles. The van der Waals surface area contributed by atoms with Gasteiger partial charge >= 0.3 is 5.97 Å². The first-order valence-corrected chi connectivity index (χ1v) is 5.74. The summed E-state index contributed by atoms with van der Waals surface area (Å²) in [5.74, 6) is -0.776. The van der Waals surface area contributed by atoms with Gasteiger partial charge in [-0.2, -0.15) is 0 Å². The third-order valence-electron chi connectivity index (χ3n) is 2.27. The van der Waals surface area contributed by atoms with Crippen LogP contribution < -0.4 is 0 Å². The van der Waals surface area contributed by atoms with Crippen molar-refractivity contribution in [2.24, 2.45) is 5.41 Å². The number of thiophene rings is 1. The molecule has 3 nitrogen and oxygen atoms in total. The van der Waals surface area contributed by atoms with Crippen LogP contribution in [0.3, 0.4) is 0 Å². The van der Waals surface area contributed by atoms with E-state index >= 15 is 0 Å². The fourth-order valence-corrected chi connectivity index (χ4v) is 1.64. The van der Waals surface area contributed by atoms with Crippen LogP contribution in [0, 0.1) is 5.41 Å². The lowest BCUT2D eigenvalue weighted by Gasteiger charge is -2.18. The zero-order valence-corrected chi connectivity index (χ0v) is 9.84. The largest absolute Gasteiger partial charge is 0.481 e. The van der Waals surface area contributed by atoms with Crippen LogP contribution in [-0.2, 0) is 16.1 Å². The Morgan fingerprint density at radius 3 is 2.87 bits per heavy atom. The highest BCUT2D eigenvalue weighted by atomic mass is 32.1. The Hall–Kier alpha value is -0.870. The third kappa shape index (κ3) is 4.01. The number of ether oxygens (including phenoxy) is 1. The monoisotopic (exact) mass is 228 g/mol. The van der Waals surface area contributed by atoms with Gasteiger partial charge in [0.2, 0.25) is 0 Å². The maximum absolute atomic E-state index is 10.8. The molecule has 0 bridgehead atoms. The summed E-state index contributed by atoms with van der Waals surface area (Å²) in [5, 5.41) is 10.9. The van der Waals surface area contributed by atoms with Crippen LogP contribution in [-0.4, -0.2) is 17.7 Å². The van der Waals surface area contributed by atoms with Crippen molar-refractivity contribution in [1.29, 1.82) is 0 Å². The number of carbonyl (C=O) groups is 1. The van der Waals surface area contributed by atoms with Crippen LogP contribution in [0.4, 0.5) is 0 Å². The van der Waals surface area contributed by atoms with Gasteiger partial charge in [-0.1, -0.05) is 6.07 Å². The molecule has 0 aliphatic carbocycles. The average molecular weight is 228 g/mol. The van der Waals surface area contributed by atoms with E-state index in [4.69, 9.17) is 9.84 Å². The lowest BCUT2D eigenvalue weighted by Crippen LogP contribution is -2.25. The second-order valence-electron chi connectivity index (χ2n) is 4.07. The van der Waals surface area contributed by atoms with Crippen molar-refractivity contribution >= 4 is 17.3 Å². The third-order valence-corrected chi connectivity index (χ3v) is 3.12. The summed E-state index contributed by atoms with van der Waals surface area (Å²) < 4.78 is 5.41. The van der Waals surface area contributed by atoms with Gasteiger partial charge in [-0.3, -0.25) is 4.79 Å². The second kappa shape index (κ2) is 5.28. The van der Waals surface area contributed by atoms with Gasteiger partial charge in [-0.05, 0) is 31.7 Å². The lowest BCUT2D eigenvalue weighted by molar-refractivity contribution is -0.148. The van der Waals surface area contributed by atoms with Crippen molar-refractivity contribution < 1.29 is 14.6 Å². The van der Waals surface area contributed by atoms with E-state index < -0.39 is 11.4 Å². The van der Waals surface area contributed by atoms with E-state index in [-0.39, 0.29) is 0 Å². The molecule has 1 aromatic rings. The standard InChI is InChI=1S/C11H16O3S/c1-11(2,10(12)13)5-6-14-8-9-4-3-7-15-9/h3-4,7H,5-6,8H2,1-2H3,(H,12,13). The van der Waals surface area contributed by atoms with Crippen molar-refractivity contribution in [3.05, 3.63) is 22.4 Å². The number of carboxylic acids is 1. The van der Waals surface area contributed by atoms with Gasteiger partial charge < -0.3 is 9.84 Å². The zero-order valence-electron chi connectivity index (χ0n) is 9.03. The minimum absolute atomic E-state index is 0.483. The van der Waals surface area contributed by atoms with Crippen LogP contribution in [0.2, 0.25) is 0 Å². The number of aliphatic carboxylic acids is 1. The van der Waals surface area contributed by atoms with Crippen LogP contribution in [0.15, 0.2) is 17.5 Å². The number of hydrogen-bond acceptors (Lipinski definition) is 3. The molecule has 84 valence electrons. The van der Waals surface area contributed by atoms with Gasteiger partial charge in [0.05, 0.1) is 12.0 Å². The summed E-state index contributed by atoms with van der Waals surface area (Å²) in [5.41, 5.74) is -0.699. The smallest absolute Gasteiger partial charge is 0.309 e. The first-order valence-electron chi connectivity index (χ1n) is 4.86. The normalized spacial score (nSPS) is 11.6. The Labute approximate surface area is 93.7 Å². The topological polar surface area (TPSA) is 46.5 Å². The maximum atomic E-state index is 10.8. The molecule has 0 atom stereocenters. The molecular formula is C11H16O3S. The number of carboxylic acid groups (broad SMARTS) is 1. The van der Waals surface area contributed by atoms with Crippen LogP contribution in [0.1, 0.15) is 25.1 Å². The van der Waals surface area contributed by atoms with Gasteiger partial charge in [0.25, 0.3) is 0 Å². The van der Waals surface area contributed by atoms with Gasteiger partial charge in [0, 0.05) is 11.5 Å². The van der Waals surface area contributed by atoms with Gasteiger partial charge in [0.1, 0.15) is 0 Å². The lowest BCUT2D eigenvalue weighted by atomic mass is 9.90. The molecule has 0 spiro atoms. The molecule has 1 N–H and O–H groups in total. The van der Waals surface area contributed by atoms with Crippen molar-refractivity contribution in [2.75, 3.05) is 6.61 Å². The summed E-state index contributed by atoms with van der Waals surface area (Å²) in [4.78, 5) is 12.0. The molecule has 0 saturated carbocycles. The van der Waals surface area contributed by atoms with Gasteiger partial charge in [-0.15, -0.1) is 11.3 Å². The van der Waals surface area contributed by atoms with Gasteiger partial charge in [0.15, 0.2) is 0 Å². The van der Waals surface area contributed by atoms with Crippen molar-refractivity contribution in [3.8, 4) is 0 Å². The highest BCUT2D eigenvalue weighted by molar-refractivity contribution is 7.09. The fraction of sp³-hybridized carbons (Fsp3) is 0.545. The predicted octanol–water partition coefficient (Wildman–Crippen LogP) is 2.77. The van der Waals surface area contributed by atoms with E-state index in [0.717, 1.165) is 0 Å². The minimum Gasteiger partial charge on any atom is -0.481 e. The van der Waals surface area contributed by atoms with E-state index in [9.17, 15) is 4.79 Å². The Bertz CT molecular complexity index is 304. The first-order chi connectivity index (χ1) is 7.02. The number of rotatable bonds is 6. The summed E-state index contributed by atoms with van der Waals surface area (Å²) in [6.07, 6.45) is 0.535. The molecular weight excluding hydrogens is 212 g/mol. The molecule has 0 amide bonds. The van der Waals surface area contributed by atoms with Gasteiger partial charge in [-0.25, -0.2) is 0 Å². The molecule has 0 fully saturated rings. The Morgan fingerprint density at radius 2 is 2.33 bits per heavy atom. The molecule has 0 aliphatic rings. The van der Waals surface area contributed by atoms with Crippen LogP contribution in [0.5, 0.6) is 0 Å². The first kappa shape index (κ1) is 12.2. The molecule has 1 heterocycles. The molecule has 15 heavy (non-hydrogen) atoms. The molecule has 0 saturated heterocycles. The SMILES string of the molecule is CC(C)(CCOCc1cccs1)C(=O)O. The number of hydrogen-bond donors (Lipinski definition) is 1. The molecule has 0 radical (unpaired) electrons. The molecule has 0 unspecified atom stereocenters. The van der Waals surface area contributed by atoms with E-state index in [0.29, 0.717) is 19.6 Å². The molecule has 0 aliphatic heterocycles. The van der Waals surface area contributed by atoms with Crippen LogP contribution in [0.25, 0.3) is 0 Å². The molecule has 1 rings (SSSR count).